The van der Waals surface area contributed by atoms with E-state index in [9.17, 15) is 9.90 Å². The number of carbonyl (C=O) groups excluding carboxylic acids is 1. The van der Waals surface area contributed by atoms with Crippen LogP contribution in [0.25, 0.3) is 0 Å². The van der Waals surface area contributed by atoms with Crippen LogP contribution in [0, 0.1) is 5.92 Å². The van der Waals surface area contributed by atoms with Crippen LogP contribution in [0.2, 0.25) is 0 Å². The Kier molecular flexibility index (Phi) is 7.98. The summed E-state index contributed by atoms with van der Waals surface area (Å²) < 4.78 is 0. The van der Waals surface area contributed by atoms with E-state index < -0.39 is 5.97 Å². The zero-order valence-electron chi connectivity index (χ0n) is 5.61. The minimum Gasteiger partial charge on any atom is -0.550 e. The first-order valence-corrected chi connectivity index (χ1v) is 2.82. The van der Waals surface area contributed by atoms with E-state index in [4.69, 9.17) is 0 Å². The minimum absolute atomic E-state index is 0. The van der Waals surface area contributed by atoms with Crippen molar-refractivity contribution >= 4 is 5.97 Å². The number of aliphatic carboxylic acids is 1. The van der Waals surface area contributed by atoms with Crippen LogP contribution in [0.1, 0.15) is 26.7 Å². The molecule has 9 heavy (non-hydrogen) atoms. The van der Waals surface area contributed by atoms with Crippen molar-refractivity contribution in [2.45, 2.75) is 26.7 Å². The predicted octanol–water partition coefficient (Wildman–Crippen LogP) is 0.170. The first-order chi connectivity index (χ1) is 3.63. The number of hydrogen-bond acceptors (Lipinski definition) is 2. The second-order valence-corrected chi connectivity index (χ2v) is 2.30. The van der Waals surface area contributed by atoms with Crippen molar-refractivity contribution in [2.24, 2.45) is 5.92 Å². The van der Waals surface area contributed by atoms with Gasteiger partial charge in [0.05, 0.1) is 0 Å². The third kappa shape index (κ3) is 11.5. The van der Waals surface area contributed by atoms with E-state index in [0.717, 1.165) is 6.42 Å². The van der Waals surface area contributed by atoms with E-state index in [0.29, 0.717) is 5.92 Å². The summed E-state index contributed by atoms with van der Waals surface area (Å²) in [5.41, 5.74) is 0. The van der Waals surface area contributed by atoms with E-state index in [2.05, 4.69) is 0 Å². The summed E-state index contributed by atoms with van der Waals surface area (Å²) in [6, 6.07) is 0. The largest absolute Gasteiger partial charge is 1.00 e. The first kappa shape index (κ1) is 11.7. The van der Waals surface area contributed by atoms with Crippen molar-refractivity contribution in [3.8, 4) is 0 Å². The molecule has 0 atom stereocenters. The van der Waals surface area contributed by atoms with Crippen molar-refractivity contribution in [1.82, 2.24) is 0 Å². The molecular formula is C6H11CuO2. The summed E-state index contributed by atoms with van der Waals surface area (Å²) in [6.45, 7) is 3.98. The maximum atomic E-state index is 9.79. The van der Waals surface area contributed by atoms with E-state index in [-0.39, 0.29) is 23.5 Å². The van der Waals surface area contributed by atoms with Crippen LogP contribution in [-0.2, 0) is 21.9 Å². The number of hydrogen-bond donors (Lipinski definition) is 0. The van der Waals surface area contributed by atoms with Gasteiger partial charge < -0.3 is 9.90 Å². The molecule has 0 rings (SSSR count). The molecule has 0 bridgehead atoms. The molecule has 0 radical (unpaired) electrons. The minimum atomic E-state index is -0.946. The Morgan fingerprint density at radius 3 is 2.11 bits per heavy atom. The zero-order valence-corrected chi connectivity index (χ0v) is 6.55. The van der Waals surface area contributed by atoms with E-state index in [1.165, 1.54) is 0 Å². The third-order valence-electron chi connectivity index (χ3n) is 0.926. The number of carboxylic acids is 1. The standard InChI is InChI=1S/C6H12O2.Cu/c1-5(2)3-4-6(7)8;/h5H,3-4H2,1-2H3,(H,7,8);/q;+1/p-1. The Labute approximate surface area is 66.1 Å². The molecule has 0 amide bonds. The number of carbonyl (C=O) groups is 1. The monoisotopic (exact) mass is 178 g/mol. The average molecular weight is 179 g/mol. The molecule has 0 aliphatic carbocycles. The van der Waals surface area contributed by atoms with Gasteiger partial charge in [0.25, 0.3) is 0 Å². The number of rotatable bonds is 3. The molecule has 0 spiro atoms. The van der Waals surface area contributed by atoms with Gasteiger partial charge in [-0.25, -0.2) is 0 Å². The van der Waals surface area contributed by atoms with Gasteiger partial charge in [-0.1, -0.05) is 13.8 Å². The van der Waals surface area contributed by atoms with Gasteiger partial charge >= 0.3 is 17.1 Å². The van der Waals surface area contributed by atoms with Gasteiger partial charge in [0.2, 0.25) is 0 Å². The van der Waals surface area contributed by atoms with Crippen molar-refractivity contribution in [1.29, 1.82) is 0 Å². The molecular weight excluding hydrogens is 168 g/mol. The van der Waals surface area contributed by atoms with Crippen molar-refractivity contribution in [3.63, 3.8) is 0 Å². The quantitative estimate of drug-likeness (QED) is 0.579. The molecule has 0 N–H and O–H groups in total. The molecule has 0 aromatic rings. The second-order valence-electron chi connectivity index (χ2n) is 2.30. The van der Waals surface area contributed by atoms with Crippen LogP contribution in [-0.4, -0.2) is 5.97 Å². The molecule has 0 aromatic carbocycles. The van der Waals surface area contributed by atoms with Crippen molar-refractivity contribution in [3.05, 3.63) is 0 Å². The van der Waals surface area contributed by atoms with Crippen LogP contribution >= 0.6 is 0 Å². The average Bonchev–Trinajstić information content (AvgIpc) is 1.61. The first-order valence-electron chi connectivity index (χ1n) is 2.82. The van der Waals surface area contributed by atoms with Gasteiger partial charge in [-0.05, 0) is 18.8 Å². The third-order valence-corrected chi connectivity index (χ3v) is 0.926. The molecule has 0 aliphatic heterocycles. The Morgan fingerprint density at radius 2 is 2.00 bits per heavy atom. The summed E-state index contributed by atoms with van der Waals surface area (Å²) in [4.78, 5) is 9.79. The molecule has 0 saturated carbocycles. The van der Waals surface area contributed by atoms with Gasteiger partial charge in [0, 0.05) is 5.97 Å². The van der Waals surface area contributed by atoms with Crippen LogP contribution < -0.4 is 5.11 Å². The Bertz CT molecular complexity index is 81.1. The topological polar surface area (TPSA) is 40.1 Å². The van der Waals surface area contributed by atoms with E-state index in [1.54, 1.807) is 0 Å². The fourth-order valence-electron chi connectivity index (χ4n) is 0.407. The van der Waals surface area contributed by atoms with Crippen LogP contribution in [0.4, 0.5) is 0 Å². The van der Waals surface area contributed by atoms with E-state index in [1.807, 2.05) is 13.8 Å². The van der Waals surface area contributed by atoms with Gasteiger partial charge in [-0.3, -0.25) is 0 Å². The summed E-state index contributed by atoms with van der Waals surface area (Å²) in [5, 5.41) is 9.79. The molecule has 0 fully saturated rings. The summed E-state index contributed by atoms with van der Waals surface area (Å²) >= 11 is 0. The summed E-state index contributed by atoms with van der Waals surface area (Å²) in [6.07, 6.45) is 0.917. The SMILES string of the molecule is CC(C)CCC(=O)[O-].[Cu+]. The maximum Gasteiger partial charge on any atom is 1.00 e. The molecule has 0 unspecified atom stereocenters. The Morgan fingerprint density at radius 1 is 1.56 bits per heavy atom. The fraction of sp³-hybridized carbons (Fsp3) is 0.833. The van der Waals surface area contributed by atoms with Gasteiger partial charge in [0.1, 0.15) is 0 Å². The summed E-state index contributed by atoms with van der Waals surface area (Å²) in [5.74, 6) is -0.480. The van der Waals surface area contributed by atoms with Gasteiger partial charge in [-0.2, -0.15) is 0 Å². The summed E-state index contributed by atoms with van der Waals surface area (Å²) in [7, 11) is 0. The van der Waals surface area contributed by atoms with Crippen LogP contribution in [0.5, 0.6) is 0 Å². The molecule has 0 aromatic heterocycles. The van der Waals surface area contributed by atoms with Crippen molar-refractivity contribution < 1.29 is 27.0 Å². The zero-order chi connectivity index (χ0) is 6.57. The van der Waals surface area contributed by atoms with Crippen molar-refractivity contribution in [2.75, 3.05) is 0 Å². The van der Waals surface area contributed by atoms with Gasteiger partial charge in [-0.15, -0.1) is 0 Å². The normalized spacial score (nSPS) is 8.78. The molecule has 58 valence electrons. The second kappa shape index (κ2) is 6.11. The Hall–Kier alpha value is -0.0105. The molecule has 2 nitrogen and oxygen atoms in total. The fourth-order valence-corrected chi connectivity index (χ4v) is 0.407. The van der Waals surface area contributed by atoms with Crippen LogP contribution in [0.3, 0.4) is 0 Å². The smallest absolute Gasteiger partial charge is 0.550 e. The molecule has 0 saturated heterocycles. The Balaban J connectivity index is 0. The molecule has 3 heteroatoms. The van der Waals surface area contributed by atoms with E-state index >= 15 is 0 Å². The number of carboxylic acid groups (broad SMARTS) is 1. The van der Waals surface area contributed by atoms with Gasteiger partial charge in [0.15, 0.2) is 0 Å². The van der Waals surface area contributed by atoms with Crippen LogP contribution in [0.15, 0.2) is 0 Å². The molecule has 0 heterocycles. The molecule has 0 aliphatic rings. The maximum absolute atomic E-state index is 9.79. The predicted molar refractivity (Wildman–Crippen MR) is 29.1 cm³/mol.